The number of nitrogens with one attached hydrogen (secondary N) is 1. The van der Waals surface area contributed by atoms with E-state index in [4.69, 9.17) is 5.41 Å². The average molecular weight is 569 g/mol. The van der Waals surface area contributed by atoms with Crippen LogP contribution < -0.4 is 4.90 Å². The van der Waals surface area contributed by atoms with Gasteiger partial charge in [0.25, 0.3) is 0 Å². The molecule has 2 saturated carbocycles. The van der Waals surface area contributed by atoms with E-state index >= 15 is 0 Å². The van der Waals surface area contributed by atoms with Gasteiger partial charge in [0, 0.05) is 28.6 Å². The standard InChI is InChI=1S/C35H37FN2O2S/c1-22-16-24(13-15-32(22)37)28-18-33-34(19-29(28)25-12-14-31(36)30(17-25)35(39)40)41-21-26(23-8-4-2-5-9-23)20-38(33)27-10-6-3-7-11-27/h3,6-7,10-12,14,17-19,23-24,26,37H,1-2,4-5,8-9,13,15-16,20-21H2,(H,39,40). The number of fused-ring (bicyclic) bond motifs is 1. The zero-order valence-corrected chi connectivity index (χ0v) is 24.2. The molecule has 4 nitrogen and oxygen atoms in total. The Kier molecular flexibility index (Phi) is 8.03. The highest BCUT2D eigenvalue weighted by atomic mass is 32.2. The van der Waals surface area contributed by atoms with Gasteiger partial charge in [-0.3, -0.25) is 0 Å². The molecule has 212 valence electrons. The second-order valence-electron chi connectivity index (χ2n) is 11.8. The van der Waals surface area contributed by atoms with Crippen molar-refractivity contribution in [1.29, 1.82) is 5.41 Å². The number of allylic oxidation sites excluding steroid dienone is 1. The minimum atomic E-state index is -1.26. The number of thioether (sulfide) groups is 1. The second-order valence-corrected chi connectivity index (χ2v) is 12.9. The molecule has 2 unspecified atom stereocenters. The van der Waals surface area contributed by atoms with Gasteiger partial charge in [0.05, 0.1) is 11.3 Å². The fourth-order valence-electron chi connectivity index (χ4n) is 6.96. The Bertz CT molecular complexity index is 1480. The van der Waals surface area contributed by atoms with Gasteiger partial charge in [-0.15, -0.1) is 11.8 Å². The Morgan fingerprint density at radius 2 is 1.78 bits per heavy atom. The Hall–Kier alpha value is -3.38. The van der Waals surface area contributed by atoms with Crippen LogP contribution in [0.4, 0.5) is 15.8 Å². The summed E-state index contributed by atoms with van der Waals surface area (Å²) in [5.41, 5.74) is 6.32. The third-order valence-electron chi connectivity index (χ3n) is 9.29. The number of carbonyl (C=O) groups is 1. The maximum absolute atomic E-state index is 14.4. The summed E-state index contributed by atoms with van der Waals surface area (Å²) >= 11 is 1.90. The Labute approximate surface area is 246 Å². The summed E-state index contributed by atoms with van der Waals surface area (Å²) in [4.78, 5) is 15.5. The summed E-state index contributed by atoms with van der Waals surface area (Å²) in [5.74, 6) is 0.492. The first-order valence-electron chi connectivity index (χ1n) is 14.8. The van der Waals surface area contributed by atoms with Crippen molar-refractivity contribution in [3.05, 3.63) is 89.8 Å². The first-order chi connectivity index (χ1) is 19.9. The van der Waals surface area contributed by atoms with E-state index in [0.717, 1.165) is 41.3 Å². The van der Waals surface area contributed by atoms with Crippen molar-refractivity contribution < 1.29 is 14.3 Å². The molecule has 0 radical (unpaired) electrons. The molecule has 2 N–H and O–H groups in total. The number of aromatic carboxylic acids is 1. The SMILES string of the molecule is C=C1CC(c2cc3c(cc2-c2ccc(F)c(C(=O)O)c2)SCC(C2CCCCC2)CN3c2ccccc2)CCC1=N. The summed E-state index contributed by atoms with van der Waals surface area (Å²) in [6, 6.07) is 19.6. The Balaban J connectivity index is 1.51. The fourth-order valence-corrected chi connectivity index (χ4v) is 8.25. The van der Waals surface area contributed by atoms with Crippen LogP contribution in [0.1, 0.15) is 73.2 Å². The predicted octanol–water partition coefficient (Wildman–Crippen LogP) is 9.47. The molecular formula is C35H37FN2O2S. The summed E-state index contributed by atoms with van der Waals surface area (Å²) in [6.45, 7) is 5.15. The molecule has 0 saturated heterocycles. The Morgan fingerprint density at radius 1 is 1.00 bits per heavy atom. The second kappa shape index (κ2) is 11.8. The minimum Gasteiger partial charge on any atom is -0.478 e. The van der Waals surface area contributed by atoms with Crippen LogP contribution in [0.15, 0.2) is 77.7 Å². The first-order valence-corrected chi connectivity index (χ1v) is 15.8. The van der Waals surface area contributed by atoms with Gasteiger partial charge in [-0.05, 0) is 95.7 Å². The number of hydrogen-bond donors (Lipinski definition) is 2. The number of hydrogen-bond acceptors (Lipinski definition) is 4. The molecule has 0 amide bonds. The van der Waals surface area contributed by atoms with Crippen molar-refractivity contribution in [2.24, 2.45) is 11.8 Å². The lowest BCUT2D eigenvalue weighted by molar-refractivity contribution is 0.0692. The molecule has 6 rings (SSSR count). The lowest BCUT2D eigenvalue weighted by atomic mass is 9.78. The third-order valence-corrected chi connectivity index (χ3v) is 10.5. The van der Waals surface area contributed by atoms with Gasteiger partial charge < -0.3 is 15.4 Å². The predicted molar refractivity (Wildman–Crippen MR) is 166 cm³/mol. The first kappa shape index (κ1) is 27.8. The van der Waals surface area contributed by atoms with Crippen LogP contribution in [0.5, 0.6) is 0 Å². The van der Waals surface area contributed by atoms with Gasteiger partial charge in [0.2, 0.25) is 0 Å². The van der Waals surface area contributed by atoms with Gasteiger partial charge in [-0.1, -0.05) is 62.9 Å². The molecule has 6 heteroatoms. The molecule has 2 fully saturated rings. The van der Waals surface area contributed by atoms with E-state index in [1.54, 1.807) is 6.07 Å². The molecule has 0 bridgehead atoms. The van der Waals surface area contributed by atoms with Crippen LogP contribution in [0.25, 0.3) is 11.1 Å². The highest BCUT2D eigenvalue weighted by Crippen LogP contribution is 2.48. The maximum atomic E-state index is 14.4. The number of nitrogens with zero attached hydrogens (tertiary/aromatic N) is 1. The largest absolute Gasteiger partial charge is 0.478 e. The molecule has 1 heterocycles. The molecule has 2 aliphatic carbocycles. The van der Waals surface area contributed by atoms with Crippen molar-refractivity contribution in [2.75, 3.05) is 17.2 Å². The van der Waals surface area contributed by atoms with Crippen molar-refractivity contribution in [3.63, 3.8) is 0 Å². The zero-order chi connectivity index (χ0) is 28.5. The molecule has 2 atom stereocenters. The third kappa shape index (κ3) is 5.72. The molecule has 3 aromatic rings. The fraction of sp³-hybridized carbons (Fsp3) is 0.371. The number of anilines is 2. The van der Waals surface area contributed by atoms with E-state index in [9.17, 15) is 14.3 Å². The summed E-state index contributed by atoms with van der Waals surface area (Å²) in [7, 11) is 0. The van der Waals surface area contributed by atoms with Gasteiger partial charge in [0.15, 0.2) is 0 Å². The zero-order valence-electron chi connectivity index (χ0n) is 23.4. The van der Waals surface area contributed by atoms with Crippen LogP contribution in [0, 0.1) is 23.1 Å². The monoisotopic (exact) mass is 568 g/mol. The molecule has 0 spiro atoms. The molecule has 1 aliphatic heterocycles. The quantitative estimate of drug-likeness (QED) is 0.322. The van der Waals surface area contributed by atoms with E-state index < -0.39 is 11.8 Å². The van der Waals surface area contributed by atoms with E-state index in [0.29, 0.717) is 30.0 Å². The highest BCUT2D eigenvalue weighted by Gasteiger charge is 2.32. The lowest BCUT2D eigenvalue weighted by Crippen LogP contribution is -2.31. The summed E-state index contributed by atoms with van der Waals surface area (Å²) in [5, 5.41) is 18.0. The number of para-hydroxylation sites is 1. The number of halogens is 1. The van der Waals surface area contributed by atoms with Crippen LogP contribution in [0.3, 0.4) is 0 Å². The number of carboxylic acids is 1. The van der Waals surface area contributed by atoms with E-state index in [1.165, 1.54) is 60.5 Å². The lowest BCUT2D eigenvalue weighted by Gasteiger charge is -2.34. The van der Waals surface area contributed by atoms with Crippen molar-refractivity contribution in [3.8, 4) is 11.1 Å². The number of carboxylic acid groups (broad SMARTS) is 1. The molecule has 3 aromatic carbocycles. The van der Waals surface area contributed by atoms with Crippen LogP contribution in [0.2, 0.25) is 0 Å². The average Bonchev–Trinajstić information content (AvgIpc) is 3.18. The van der Waals surface area contributed by atoms with E-state index in [-0.39, 0.29) is 11.5 Å². The topological polar surface area (TPSA) is 64.4 Å². The van der Waals surface area contributed by atoms with Crippen molar-refractivity contribution in [2.45, 2.75) is 62.2 Å². The van der Waals surface area contributed by atoms with Gasteiger partial charge in [0.1, 0.15) is 5.82 Å². The molecule has 3 aliphatic rings. The maximum Gasteiger partial charge on any atom is 0.338 e. The van der Waals surface area contributed by atoms with Gasteiger partial charge >= 0.3 is 5.97 Å². The van der Waals surface area contributed by atoms with Crippen LogP contribution in [-0.4, -0.2) is 29.1 Å². The Morgan fingerprint density at radius 3 is 2.51 bits per heavy atom. The van der Waals surface area contributed by atoms with Crippen LogP contribution in [-0.2, 0) is 0 Å². The van der Waals surface area contributed by atoms with Crippen LogP contribution >= 0.6 is 11.8 Å². The van der Waals surface area contributed by atoms with E-state index in [1.807, 2.05) is 11.8 Å². The molecular weight excluding hydrogens is 531 g/mol. The summed E-state index contributed by atoms with van der Waals surface area (Å²) < 4.78 is 14.4. The van der Waals surface area contributed by atoms with Crippen molar-refractivity contribution >= 4 is 34.8 Å². The van der Waals surface area contributed by atoms with Crippen molar-refractivity contribution in [1.82, 2.24) is 0 Å². The smallest absolute Gasteiger partial charge is 0.338 e. The molecule has 41 heavy (non-hydrogen) atoms. The van der Waals surface area contributed by atoms with Gasteiger partial charge in [-0.2, -0.15) is 0 Å². The summed E-state index contributed by atoms with van der Waals surface area (Å²) in [6.07, 6.45) is 8.76. The molecule has 0 aromatic heterocycles. The normalized spacial score (nSPS) is 21.8. The van der Waals surface area contributed by atoms with Gasteiger partial charge in [-0.25, -0.2) is 9.18 Å². The van der Waals surface area contributed by atoms with E-state index in [2.05, 4.69) is 53.9 Å². The highest BCUT2D eigenvalue weighted by molar-refractivity contribution is 7.99. The number of rotatable bonds is 5. The minimum absolute atomic E-state index is 0.148. The number of benzene rings is 3.